The maximum Gasteiger partial charge on any atom is 0.291 e. The first-order valence-electron chi connectivity index (χ1n) is 8.23. The van der Waals surface area contributed by atoms with Gasteiger partial charge in [0.2, 0.25) is 0 Å². The van der Waals surface area contributed by atoms with E-state index in [9.17, 15) is 4.79 Å². The molecular weight excluding hydrogens is 286 g/mol. The number of halogens is 1. The number of aromatic nitrogens is 2. The summed E-state index contributed by atoms with van der Waals surface area (Å²) in [5, 5.41) is 7.87. The highest BCUT2D eigenvalue weighted by Crippen LogP contribution is 2.28. The highest BCUT2D eigenvalue weighted by atomic mass is 35.5. The third-order valence-electron chi connectivity index (χ3n) is 4.98. The maximum atomic E-state index is 12.4. The first-order chi connectivity index (χ1) is 10.2. The number of anilines is 1. The quantitative estimate of drug-likeness (QED) is 0.871. The van der Waals surface area contributed by atoms with Crippen LogP contribution in [0.3, 0.4) is 0 Å². The molecule has 116 valence electrons. The van der Waals surface area contributed by atoms with Gasteiger partial charge in [0.15, 0.2) is 0 Å². The van der Waals surface area contributed by atoms with E-state index in [1.165, 1.54) is 44.9 Å². The van der Waals surface area contributed by atoms with E-state index in [2.05, 4.69) is 10.4 Å². The molecule has 0 spiro atoms. The smallest absolute Gasteiger partial charge is 0.291 e. The Bertz CT molecular complexity index is 533. The lowest BCUT2D eigenvalue weighted by Gasteiger charge is -2.25. The van der Waals surface area contributed by atoms with Crippen LogP contribution < -0.4 is 10.9 Å². The summed E-state index contributed by atoms with van der Waals surface area (Å²) in [4.78, 5) is 12.4. The van der Waals surface area contributed by atoms with Crippen LogP contribution in [0.2, 0.25) is 5.02 Å². The molecule has 0 atom stereocenters. The first-order valence-corrected chi connectivity index (χ1v) is 8.61. The summed E-state index contributed by atoms with van der Waals surface area (Å²) >= 11 is 6.14. The van der Waals surface area contributed by atoms with Crippen molar-refractivity contribution >= 4 is 17.3 Å². The van der Waals surface area contributed by atoms with Gasteiger partial charge in [0, 0.05) is 13.1 Å². The van der Waals surface area contributed by atoms with Crippen LogP contribution in [0.1, 0.15) is 51.4 Å². The largest absolute Gasteiger partial charge is 0.379 e. The topological polar surface area (TPSA) is 46.9 Å². The van der Waals surface area contributed by atoms with Crippen LogP contribution in [0.5, 0.6) is 0 Å². The molecule has 0 aromatic carbocycles. The Labute approximate surface area is 130 Å². The summed E-state index contributed by atoms with van der Waals surface area (Å²) in [6.07, 6.45) is 11.8. The predicted octanol–water partition coefficient (Wildman–Crippen LogP) is 3.69. The Balaban J connectivity index is 1.62. The maximum absolute atomic E-state index is 12.4. The Hall–Kier alpha value is -1.03. The Morgan fingerprint density at radius 3 is 2.57 bits per heavy atom. The molecule has 0 radical (unpaired) electrons. The first kappa shape index (κ1) is 14.9. The summed E-state index contributed by atoms with van der Waals surface area (Å²) in [5.74, 6) is 1.43. The molecule has 21 heavy (non-hydrogen) atoms. The van der Waals surface area contributed by atoms with Gasteiger partial charge in [-0.1, -0.05) is 43.7 Å². The lowest BCUT2D eigenvalue weighted by Crippen LogP contribution is -2.31. The molecule has 5 heteroatoms. The summed E-state index contributed by atoms with van der Waals surface area (Å²) < 4.78 is 1.58. The molecule has 2 aliphatic rings. The fourth-order valence-corrected chi connectivity index (χ4v) is 3.57. The van der Waals surface area contributed by atoms with Crippen LogP contribution >= 0.6 is 11.6 Å². The summed E-state index contributed by atoms with van der Waals surface area (Å²) in [6.45, 7) is 1.56. The molecule has 0 bridgehead atoms. The van der Waals surface area contributed by atoms with Gasteiger partial charge in [-0.15, -0.1) is 0 Å². The molecule has 2 saturated carbocycles. The fourth-order valence-electron chi connectivity index (χ4n) is 3.38. The predicted molar refractivity (Wildman–Crippen MR) is 85.9 cm³/mol. The standard InChI is InChI=1S/C16H24ClN3O/c17-14-10-19-20(11-13-6-3-7-13)16(21)15(14)18-9-8-12-4-1-2-5-12/h10,12-13,18H,1-9,11H2. The minimum atomic E-state index is -0.0687. The van der Waals surface area contributed by atoms with Gasteiger partial charge >= 0.3 is 0 Å². The average Bonchev–Trinajstić information content (AvgIpc) is 2.93. The van der Waals surface area contributed by atoms with Crippen LogP contribution in [0, 0.1) is 11.8 Å². The third-order valence-corrected chi connectivity index (χ3v) is 5.27. The molecule has 1 aromatic rings. The van der Waals surface area contributed by atoms with Crippen LogP contribution in [-0.4, -0.2) is 16.3 Å². The third kappa shape index (κ3) is 3.60. The summed E-state index contributed by atoms with van der Waals surface area (Å²) in [6, 6.07) is 0. The van der Waals surface area contributed by atoms with E-state index in [0.29, 0.717) is 16.6 Å². The van der Waals surface area contributed by atoms with E-state index in [4.69, 9.17) is 11.6 Å². The number of hydrogen-bond acceptors (Lipinski definition) is 3. The van der Waals surface area contributed by atoms with E-state index >= 15 is 0 Å². The van der Waals surface area contributed by atoms with Crippen LogP contribution in [0.25, 0.3) is 0 Å². The van der Waals surface area contributed by atoms with Gasteiger partial charge in [-0.2, -0.15) is 5.10 Å². The van der Waals surface area contributed by atoms with Gasteiger partial charge in [-0.25, -0.2) is 4.68 Å². The Morgan fingerprint density at radius 2 is 1.90 bits per heavy atom. The number of nitrogens with one attached hydrogen (secondary N) is 1. The van der Waals surface area contributed by atoms with E-state index in [0.717, 1.165) is 25.4 Å². The number of rotatable bonds is 6. The van der Waals surface area contributed by atoms with E-state index in [-0.39, 0.29) is 5.56 Å². The zero-order valence-electron chi connectivity index (χ0n) is 12.5. The monoisotopic (exact) mass is 309 g/mol. The van der Waals surface area contributed by atoms with Crippen molar-refractivity contribution in [1.29, 1.82) is 0 Å². The lowest BCUT2D eigenvalue weighted by molar-refractivity contribution is 0.262. The molecular formula is C16H24ClN3O. The molecule has 0 unspecified atom stereocenters. The molecule has 1 aromatic heterocycles. The minimum absolute atomic E-state index is 0.0687. The van der Waals surface area contributed by atoms with E-state index in [1.54, 1.807) is 10.9 Å². The number of nitrogens with zero attached hydrogens (tertiary/aromatic N) is 2. The molecule has 3 rings (SSSR count). The van der Waals surface area contributed by atoms with Crippen molar-refractivity contribution in [3.05, 3.63) is 21.6 Å². The van der Waals surface area contributed by atoms with Gasteiger partial charge < -0.3 is 5.32 Å². The highest BCUT2D eigenvalue weighted by Gasteiger charge is 2.20. The van der Waals surface area contributed by atoms with Crippen molar-refractivity contribution < 1.29 is 0 Å². The van der Waals surface area contributed by atoms with Gasteiger partial charge in [0.05, 0.1) is 11.2 Å². The minimum Gasteiger partial charge on any atom is -0.379 e. The van der Waals surface area contributed by atoms with E-state index in [1.807, 2.05) is 0 Å². The Morgan fingerprint density at radius 1 is 1.19 bits per heavy atom. The van der Waals surface area contributed by atoms with Gasteiger partial charge in [0.1, 0.15) is 5.69 Å². The molecule has 1 heterocycles. The van der Waals surface area contributed by atoms with Crippen molar-refractivity contribution in [2.24, 2.45) is 11.8 Å². The van der Waals surface area contributed by atoms with Crippen LogP contribution in [0.4, 0.5) is 5.69 Å². The van der Waals surface area contributed by atoms with Crippen LogP contribution in [-0.2, 0) is 6.54 Å². The SMILES string of the molecule is O=c1c(NCCC2CCCC2)c(Cl)cnn1CC1CCC1. The van der Waals surface area contributed by atoms with E-state index < -0.39 is 0 Å². The fraction of sp³-hybridized carbons (Fsp3) is 0.750. The highest BCUT2D eigenvalue weighted by molar-refractivity contribution is 6.32. The summed E-state index contributed by atoms with van der Waals surface area (Å²) in [5.41, 5.74) is 0.463. The van der Waals surface area contributed by atoms with Gasteiger partial charge in [-0.05, 0) is 31.1 Å². The molecule has 1 N–H and O–H groups in total. The summed E-state index contributed by atoms with van der Waals surface area (Å²) in [7, 11) is 0. The molecule has 2 fully saturated rings. The second kappa shape index (κ2) is 6.82. The second-order valence-electron chi connectivity index (χ2n) is 6.52. The Kier molecular flexibility index (Phi) is 4.84. The zero-order chi connectivity index (χ0) is 14.7. The van der Waals surface area contributed by atoms with Crippen molar-refractivity contribution in [1.82, 2.24) is 9.78 Å². The van der Waals surface area contributed by atoms with Gasteiger partial charge in [-0.3, -0.25) is 4.79 Å². The lowest BCUT2D eigenvalue weighted by atomic mass is 9.85. The van der Waals surface area contributed by atoms with Crippen molar-refractivity contribution in [3.8, 4) is 0 Å². The van der Waals surface area contributed by atoms with Crippen LogP contribution in [0.15, 0.2) is 11.0 Å². The molecule has 4 nitrogen and oxygen atoms in total. The van der Waals surface area contributed by atoms with Crippen molar-refractivity contribution in [3.63, 3.8) is 0 Å². The van der Waals surface area contributed by atoms with Crippen molar-refractivity contribution in [2.75, 3.05) is 11.9 Å². The zero-order valence-corrected chi connectivity index (χ0v) is 13.2. The van der Waals surface area contributed by atoms with Gasteiger partial charge in [0.25, 0.3) is 5.56 Å². The normalized spacial score (nSPS) is 19.7. The van der Waals surface area contributed by atoms with Crippen molar-refractivity contribution in [2.45, 2.75) is 57.9 Å². The number of hydrogen-bond donors (Lipinski definition) is 1. The molecule has 2 aliphatic carbocycles. The molecule has 0 saturated heterocycles. The second-order valence-corrected chi connectivity index (χ2v) is 6.92. The molecule has 0 amide bonds. The average molecular weight is 310 g/mol. The molecule has 0 aliphatic heterocycles.